The van der Waals surface area contributed by atoms with Crippen LogP contribution in [0.2, 0.25) is 0 Å². The predicted molar refractivity (Wildman–Crippen MR) is 70.1 cm³/mol. The number of hydrogen-bond acceptors (Lipinski definition) is 4. The normalized spacial score (nSPS) is 33.4. The molecule has 2 aliphatic rings. The van der Waals surface area contributed by atoms with Crippen LogP contribution in [0, 0.1) is 5.92 Å². The van der Waals surface area contributed by atoms with Gasteiger partial charge in [-0.25, -0.2) is 0 Å². The molecule has 2 N–H and O–H groups in total. The number of nitrogens with zero attached hydrogens (tertiary/aromatic N) is 2. The van der Waals surface area contributed by atoms with Crippen LogP contribution in [0.5, 0.6) is 0 Å². The summed E-state index contributed by atoms with van der Waals surface area (Å²) in [6.45, 7) is 5.34. The molecule has 3 atom stereocenters. The van der Waals surface area contributed by atoms with E-state index in [1.807, 2.05) is 0 Å². The zero-order chi connectivity index (χ0) is 12.3. The summed E-state index contributed by atoms with van der Waals surface area (Å²) in [5.74, 6) is 0.859. The molecular weight excluding hydrogens is 214 g/mol. The fourth-order valence-electron chi connectivity index (χ4n) is 3.43. The van der Waals surface area contributed by atoms with Gasteiger partial charge in [0.1, 0.15) is 0 Å². The molecule has 17 heavy (non-hydrogen) atoms. The molecule has 4 nitrogen and oxygen atoms in total. The summed E-state index contributed by atoms with van der Waals surface area (Å²) in [6.07, 6.45) is 4.26. The highest BCUT2D eigenvalue weighted by molar-refractivity contribution is 4.89. The first-order chi connectivity index (χ1) is 8.24. The van der Waals surface area contributed by atoms with Crippen molar-refractivity contribution >= 4 is 0 Å². The average Bonchev–Trinajstić information content (AvgIpc) is 2.36. The van der Waals surface area contributed by atoms with Crippen LogP contribution in [-0.2, 0) is 4.74 Å². The fourth-order valence-corrected chi connectivity index (χ4v) is 3.43. The molecule has 0 aromatic carbocycles. The Hall–Kier alpha value is -0.160. The Morgan fingerprint density at radius 1 is 1.35 bits per heavy atom. The van der Waals surface area contributed by atoms with Gasteiger partial charge >= 0.3 is 0 Å². The standard InChI is InChI=1S/C13H27N3O/c1-15-6-3-4-11-9-16(7-5-13(11)15)10-12(8-14)17-2/h11-13H,3-10,14H2,1-2H3. The lowest BCUT2D eigenvalue weighted by Gasteiger charge is -2.46. The summed E-state index contributed by atoms with van der Waals surface area (Å²) < 4.78 is 5.38. The van der Waals surface area contributed by atoms with Gasteiger partial charge in [0, 0.05) is 32.8 Å². The monoisotopic (exact) mass is 241 g/mol. The molecule has 2 saturated heterocycles. The maximum absolute atomic E-state index is 5.69. The molecule has 100 valence electrons. The van der Waals surface area contributed by atoms with Crippen molar-refractivity contribution in [3.63, 3.8) is 0 Å². The van der Waals surface area contributed by atoms with E-state index < -0.39 is 0 Å². The molecule has 0 aromatic heterocycles. The number of rotatable bonds is 4. The average molecular weight is 241 g/mol. The van der Waals surface area contributed by atoms with Gasteiger partial charge in [-0.15, -0.1) is 0 Å². The Balaban J connectivity index is 1.84. The molecule has 0 saturated carbocycles. The Morgan fingerprint density at radius 2 is 2.18 bits per heavy atom. The number of piperidine rings is 2. The highest BCUT2D eigenvalue weighted by Crippen LogP contribution is 2.29. The molecule has 4 heteroatoms. The zero-order valence-corrected chi connectivity index (χ0v) is 11.3. The van der Waals surface area contributed by atoms with Crippen LogP contribution in [0.25, 0.3) is 0 Å². The quantitative estimate of drug-likeness (QED) is 0.772. The SMILES string of the molecule is COC(CN)CN1CCC2C(CCCN2C)C1. The van der Waals surface area contributed by atoms with Gasteiger partial charge < -0.3 is 20.3 Å². The van der Waals surface area contributed by atoms with E-state index in [1.165, 1.54) is 38.9 Å². The summed E-state index contributed by atoms with van der Waals surface area (Å²) in [5, 5.41) is 0. The van der Waals surface area contributed by atoms with Crippen molar-refractivity contribution in [2.75, 3.05) is 46.9 Å². The van der Waals surface area contributed by atoms with Gasteiger partial charge in [-0.1, -0.05) is 0 Å². The Kier molecular flexibility index (Phi) is 4.79. The van der Waals surface area contributed by atoms with Crippen LogP contribution < -0.4 is 5.73 Å². The first kappa shape index (κ1) is 13.3. The first-order valence-corrected chi connectivity index (χ1v) is 6.90. The number of methoxy groups -OCH3 is 1. The second-order valence-electron chi connectivity index (χ2n) is 5.59. The van der Waals surface area contributed by atoms with Gasteiger partial charge in [0.15, 0.2) is 0 Å². The number of hydrogen-bond donors (Lipinski definition) is 1. The summed E-state index contributed by atoms with van der Waals surface area (Å²) in [7, 11) is 4.04. The Labute approximate surface area is 105 Å². The molecule has 0 radical (unpaired) electrons. The van der Waals surface area contributed by atoms with Crippen LogP contribution in [0.4, 0.5) is 0 Å². The van der Waals surface area contributed by atoms with Crippen LogP contribution in [0.1, 0.15) is 19.3 Å². The van der Waals surface area contributed by atoms with Crippen molar-refractivity contribution in [2.24, 2.45) is 11.7 Å². The molecule has 0 aromatic rings. The third-order valence-electron chi connectivity index (χ3n) is 4.49. The predicted octanol–water partition coefficient (Wildman–Crippen LogP) is 0.376. The third kappa shape index (κ3) is 3.19. The van der Waals surface area contributed by atoms with Gasteiger partial charge in [0.25, 0.3) is 0 Å². The molecule has 2 aliphatic heterocycles. The number of likely N-dealkylation sites (tertiary alicyclic amines) is 2. The summed E-state index contributed by atoms with van der Waals surface area (Å²) in [5.41, 5.74) is 5.69. The molecule has 0 spiro atoms. The molecule has 0 bridgehead atoms. The van der Waals surface area contributed by atoms with E-state index in [1.54, 1.807) is 7.11 Å². The van der Waals surface area contributed by atoms with E-state index in [-0.39, 0.29) is 6.10 Å². The molecule has 0 amide bonds. The smallest absolute Gasteiger partial charge is 0.0820 e. The van der Waals surface area contributed by atoms with Crippen molar-refractivity contribution in [1.82, 2.24) is 9.80 Å². The lowest BCUT2D eigenvalue weighted by atomic mass is 9.84. The van der Waals surface area contributed by atoms with Gasteiger partial charge in [-0.3, -0.25) is 0 Å². The molecule has 2 heterocycles. The zero-order valence-electron chi connectivity index (χ0n) is 11.3. The maximum atomic E-state index is 5.69. The topological polar surface area (TPSA) is 41.7 Å². The van der Waals surface area contributed by atoms with Crippen LogP contribution in [0.3, 0.4) is 0 Å². The summed E-state index contributed by atoms with van der Waals surface area (Å²) in [6, 6.07) is 0.818. The lowest BCUT2D eigenvalue weighted by molar-refractivity contribution is 0.00864. The number of nitrogens with two attached hydrogens (primary N) is 1. The molecular formula is C13H27N3O. The maximum Gasteiger partial charge on any atom is 0.0820 e. The second-order valence-corrected chi connectivity index (χ2v) is 5.59. The number of fused-ring (bicyclic) bond motifs is 1. The van der Waals surface area contributed by atoms with Crippen molar-refractivity contribution in [1.29, 1.82) is 0 Å². The van der Waals surface area contributed by atoms with E-state index in [4.69, 9.17) is 10.5 Å². The van der Waals surface area contributed by atoms with E-state index >= 15 is 0 Å². The highest BCUT2D eigenvalue weighted by atomic mass is 16.5. The minimum atomic E-state index is 0.202. The van der Waals surface area contributed by atoms with Crippen LogP contribution in [-0.4, -0.2) is 68.8 Å². The largest absolute Gasteiger partial charge is 0.379 e. The fraction of sp³-hybridized carbons (Fsp3) is 1.00. The van der Waals surface area contributed by atoms with Crippen LogP contribution in [0.15, 0.2) is 0 Å². The summed E-state index contributed by atoms with van der Waals surface area (Å²) >= 11 is 0. The highest BCUT2D eigenvalue weighted by Gasteiger charge is 2.34. The van der Waals surface area contributed by atoms with Gasteiger partial charge in [-0.2, -0.15) is 0 Å². The number of ether oxygens (including phenoxy) is 1. The second kappa shape index (κ2) is 6.14. The molecule has 2 rings (SSSR count). The van der Waals surface area contributed by atoms with E-state index in [2.05, 4.69) is 16.8 Å². The lowest BCUT2D eigenvalue weighted by Crippen LogP contribution is -2.54. The third-order valence-corrected chi connectivity index (χ3v) is 4.49. The van der Waals surface area contributed by atoms with E-state index in [9.17, 15) is 0 Å². The van der Waals surface area contributed by atoms with E-state index in [0.29, 0.717) is 6.54 Å². The van der Waals surface area contributed by atoms with Crippen molar-refractivity contribution < 1.29 is 4.74 Å². The van der Waals surface area contributed by atoms with Crippen molar-refractivity contribution in [3.8, 4) is 0 Å². The molecule has 3 unspecified atom stereocenters. The van der Waals surface area contributed by atoms with Crippen molar-refractivity contribution in [3.05, 3.63) is 0 Å². The van der Waals surface area contributed by atoms with Gasteiger partial charge in [0.05, 0.1) is 6.10 Å². The minimum Gasteiger partial charge on any atom is -0.379 e. The van der Waals surface area contributed by atoms with Crippen molar-refractivity contribution in [2.45, 2.75) is 31.4 Å². The first-order valence-electron chi connectivity index (χ1n) is 6.90. The Morgan fingerprint density at radius 3 is 2.88 bits per heavy atom. The minimum absolute atomic E-state index is 0.202. The summed E-state index contributed by atoms with van der Waals surface area (Å²) in [4.78, 5) is 5.10. The van der Waals surface area contributed by atoms with E-state index in [0.717, 1.165) is 18.5 Å². The Bertz CT molecular complexity index is 233. The molecule has 2 fully saturated rings. The van der Waals surface area contributed by atoms with Crippen LogP contribution >= 0.6 is 0 Å². The molecule has 0 aliphatic carbocycles. The van der Waals surface area contributed by atoms with Gasteiger partial charge in [-0.05, 0) is 45.3 Å². The van der Waals surface area contributed by atoms with Gasteiger partial charge in [0.2, 0.25) is 0 Å².